The summed E-state index contributed by atoms with van der Waals surface area (Å²) in [6.45, 7) is 5.84. The van der Waals surface area contributed by atoms with E-state index in [0.29, 0.717) is 0 Å². The van der Waals surface area contributed by atoms with Crippen molar-refractivity contribution in [2.24, 2.45) is 4.99 Å². The minimum atomic E-state index is 0.995. The summed E-state index contributed by atoms with van der Waals surface area (Å²) in [5, 5.41) is 0. The van der Waals surface area contributed by atoms with Crippen molar-refractivity contribution in [2.45, 2.75) is 19.8 Å². The molecule has 0 fully saturated rings. The lowest BCUT2D eigenvalue weighted by atomic mass is 10.2. The van der Waals surface area contributed by atoms with Gasteiger partial charge in [0.1, 0.15) is 0 Å². The van der Waals surface area contributed by atoms with Crippen LogP contribution in [-0.2, 0) is 0 Å². The van der Waals surface area contributed by atoms with Crippen LogP contribution in [-0.4, -0.2) is 6.21 Å². The molecule has 0 amide bonds. The van der Waals surface area contributed by atoms with E-state index in [2.05, 4.69) is 18.5 Å². The number of benzene rings is 1. The average Bonchev–Trinajstić information content (AvgIpc) is 2.28. The monoisotopic (exact) mass is 199 g/mol. The molecule has 1 rings (SSSR count). The van der Waals surface area contributed by atoms with Gasteiger partial charge in [0.15, 0.2) is 0 Å². The zero-order valence-corrected chi connectivity index (χ0v) is 9.19. The Kier molecular flexibility index (Phi) is 5.16. The first-order valence-electron chi connectivity index (χ1n) is 5.27. The van der Waals surface area contributed by atoms with Crippen LogP contribution in [0, 0.1) is 0 Å². The fourth-order valence-corrected chi connectivity index (χ4v) is 1.28. The second kappa shape index (κ2) is 6.77. The summed E-state index contributed by atoms with van der Waals surface area (Å²) in [6, 6.07) is 10.1. The number of hydrogen-bond acceptors (Lipinski definition) is 1. The Labute approximate surface area is 91.9 Å². The molecule has 1 heteroatoms. The van der Waals surface area contributed by atoms with Crippen molar-refractivity contribution in [3.63, 3.8) is 0 Å². The van der Waals surface area contributed by atoms with Crippen molar-refractivity contribution in [3.8, 4) is 0 Å². The second-order valence-corrected chi connectivity index (χ2v) is 3.31. The highest BCUT2D eigenvalue weighted by Gasteiger charge is 1.90. The van der Waals surface area contributed by atoms with E-state index in [9.17, 15) is 0 Å². The molecule has 0 unspecified atom stereocenters. The summed E-state index contributed by atoms with van der Waals surface area (Å²) in [4.78, 5) is 4.44. The third-order valence-corrected chi connectivity index (χ3v) is 2.00. The summed E-state index contributed by atoms with van der Waals surface area (Å²) >= 11 is 0. The molecule has 0 spiro atoms. The van der Waals surface area contributed by atoms with Gasteiger partial charge >= 0.3 is 0 Å². The van der Waals surface area contributed by atoms with Gasteiger partial charge in [-0.05, 0) is 18.1 Å². The maximum atomic E-state index is 4.44. The van der Waals surface area contributed by atoms with E-state index >= 15 is 0 Å². The molecular weight excluding hydrogens is 182 g/mol. The molecule has 0 heterocycles. The van der Waals surface area contributed by atoms with Gasteiger partial charge in [0.05, 0.1) is 0 Å². The van der Waals surface area contributed by atoms with Crippen molar-refractivity contribution in [1.82, 2.24) is 0 Å². The maximum Gasteiger partial charge on any atom is 0.0403 e. The highest BCUT2D eigenvalue weighted by molar-refractivity contribution is 5.80. The van der Waals surface area contributed by atoms with Gasteiger partial charge in [-0.2, -0.15) is 0 Å². The predicted octanol–water partition coefficient (Wildman–Crippen LogP) is 3.98. The third-order valence-electron chi connectivity index (χ3n) is 2.00. The number of rotatable bonds is 5. The molecule has 78 valence electrons. The molecule has 1 aromatic carbocycles. The SMILES string of the molecule is C=CC=C(CCC)N=Cc1ccccc1. The molecule has 15 heavy (non-hydrogen) atoms. The van der Waals surface area contributed by atoms with Gasteiger partial charge in [-0.25, -0.2) is 0 Å². The van der Waals surface area contributed by atoms with E-state index in [1.807, 2.05) is 42.6 Å². The third kappa shape index (κ3) is 4.41. The van der Waals surface area contributed by atoms with Crippen molar-refractivity contribution in [1.29, 1.82) is 0 Å². The first kappa shape index (κ1) is 11.4. The molecule has 0 saturated heterocycles. The van der Waals surface area contributed by atoms with E-state index in [4.69, 9.17) is 0 Å². The summed E-state index contributed by atoms with van der Waals surface area (Å²) in [7, 11) is 0. The Bertz CT molecular complexity index is 347. The van der Waals surface area contributed by atoms with Gasteiger partial charge in [0, 0.05) is 11.9 Å². The Morgan fingerprint density at radius 1 is 1.33 bits per heavy atom. The van der Waals surface area contributed by atoms with Crippen molar-refractivity contribution >= 4 is 6.21 Å². The van der Waals surface area contributed by atoms with Crippen LogP contribution in [0.1, 0.15) is 25.3 Å². The largest absolute Gasteiger partial charge is 0.261 e. The van der Waals surface area contributed by atoms with E-state index in [0.717, 1.165) is 24.1 Å². The molecule has 0 N–H and O–H groups in total. The molecular formula is C14H17N. The molecule has 0 aromatic heterocycles. The van der Waals surface area contributed by atoms with Crippen LogP contribution >= 0.6 is 0 Å². The molecule has 0 saturated carbocycles. The molecule has 0 aliphatic heterocycles. The molecule has 0 bridgehead atoms. The molecule has 0 aliphatic carbocycles. The lowest BCUT2D eigenvalue weighted by Gasteiger charge is -1.97. The van der Waals surface area contributed by atoms with Gasteiger partial charge in [-0.15, -0.1) is 0 Å². The predicted molar refractivity (Wildman–Crippen MR) is 67.2 cm³/mol. The van der Waals surface area contributed by atoms with Gasteiger partial charge < -0.3 is 0 Å². The Morgan fingerprint density at radius 3 is 2.67 bits per heavy atom. The fraction of sp³-hybridized carbons (Fsp3) is 0.214. The van der Waals surface area contributed by atoms with Crippen LogP contribution in [0.5, 0.6) is 0 Å². The highest BCUT2D eigenvalue weighted by Crippen LogP contribution is 2.07. The quantitative estimate of drug-likeness (QED) is 0.502. The zero-order chi connectivity index (χ0) is 10.9. The van der Waals surface area contributed by atoms with Gasteiger partial charge in [0.2, 0.25) is 0 Å². The maximum absolute atomic E-state index is 4.44. The van der Waals surface area contributed by atoms with Crippen LogP contribution in [0.15, 0.2) is 59.8 Å². The summed E-state index contributed by atoms with van der Waals surface area (Å²) in [6.07, 6.45) is 7.74. The minimum absolute atomic E-state index is 0.995. The van der Waals surface area contributed by atoms with Gasteiger partial charge in [-0.3, -0.25) is 4.99 Å². The second-order valence-electron chi connectivity index (χ2n) is 3.31. The number of hydrogen-bond donors (Lipinski definition) is 0. The van der Waals surface area contributed by atoms with E-state index < -0.39 is 0 Å². The summed E-state index contributed by atoms with van der Waals surface area (Å²) < 4.78 is 0. The Balaban J connectivity index is 2.70. The van der Waals surface area contributed by atoms with E-state index in [1.165, 1.54) is 0 Å². The lowest BCUT2D eigenvalue weighted by Crippen LogP contribution is -1.82. The first-order chi connectivity index (χ1) is 7.36. The topological polar surface area (TPSA) is 12.4 Å². The van der Waals surface area contributed by atoms with E-state index in [-0.39, 0.29) is 0 Å². The summed E-state index contributed by atoms with van der Waals surface area (Å²) in [5.74, 6) is 0. The zero-order valence-electron chi connectivity index (χ0n) is 9.19. The standard InChI is InChI=1S/C14H17N/c1-3-8-14(9-4-2)15-12-13-10-6-5-7-11-13/h3,5-8,10-12H,1,4,9H2,2H3. The highest BCUT2D eigenvalue weighted by atomic mass is 14.7. The normalized spacial score (nSPS) is 11.9. The fourth-order valence-electron chi connectivity index (χ4n) is 1.28. The minimum Gasteiger partial charge on any atom is -0.261 e. The van der Waals surface area contributed by atoms with Crippen molar-refractivity contribution in [3.05, 3.63) is 60.3 Å². The van der Waals surface area contributed by atoms with Crippen molar-refractivity contribution in [2.75, 3.05) is 0 Å². The molecule has 1 nitrogen and oxygen atoms in total. The smallest absolute Gasteiger partial charge is 0.0403 e. The Morgan fingerprint density at radius 2 is 2.07 bits per heavy atom. The number of aliphatic imine (C=N–C) groups is 1. The molecule has 0 atom stereocenters. The number of nitrogens with zero attached hydrogens (tertiary/aromatic N) is 1. The molecule has 0 aliphatic rings. The number of allylic oxidation sites excluding steroid dienone is 3. The average molecular weight is 199 g/mol. The molecule has 1 aromatic rings. The lowest BCUT2D eigenvalue weighted by molar-refractivity contribution is 0.895. The molecule has 0 radical (unpaired) electrons. The van der Waals surface area contributed by atoms with Gasteiger partial charge in [0.25, 0.3) is 0 Å². The van der Waals surface area contributed by atoms with Crippen LogP contribution in [0.25, 0.3) is 0 Å². The summed E-state index contributed by atoms with van der Waals surface area (Å²) in [5.41, 5.74) is 2.21. The Hall–Kier alpha value is -1.63. The van der Waals surface area contributed by atoms with Crippen LogP contribution in [0.2, 0.25) is 0 Å². The van der Waals surface area contributed by atoms with Crippen LogP contribution in [0.3, 0.4) is 0 Å². The van der Waals surface area contributed by atoms with E-state index in [1.54, 1.807) is 6.08 Å². The first-order valence-corrected chi connectivity index (χ1v) is 5.27. The van der Waals surface area contributed by atoms with Crippen LogP contribution in [0.4, 0.5) is 0 Å². The van der Waals surface area contributed by atoms with Crippen LogP contribution < -0.4 is 0 Å². The van der Waals surface area contributed by atoms with Crippen molar-refractivity contribution < 1.29 is 0 Å². The van der Waals surface area contributed by atoms with Gasteiger partial charge in [-0.1, -0.05) is 56.3 Å².